The molecule has 1 aliphatic carbocycles. The van der Waals surface area contributed by atoms with E-state index >= 15 is 0 Å². The number of rotatable bonds is 20. The molecule has 0 spiro atoms. The number of nitrogens with zero attached hydrogens (tertiary/aromatic N) is 2. The van der Waals surface area contributed by atoms with Crippen molar-refractivity contribution in [3.05, 3.63) is 71.8 Å². The van der Waals surface area contributed by atoms with Gasteiger partial charge in [0.05, 0.1) is 29.6 Å². The molecule has 0 aromatic heterocycles. The highest BCUT2D eigenvalue weighted by molar-refractivity contribution is 5.95. The largest absolute Gasteiger partial charge is 0.353 e. The Morgan fingerprint density at radius 1 is 0.566 bits per heavy atom. The second-order valence-electron chi connectivity index (χ2n) is 23.6. The standard InChI is InChI=1S/C56H86N10O8.2ClH/c1-34(57-12)45(67)63-43(53(3,4)5)50(72)65-30-20-26-41(65)48(70)61-39(36-22-16-14-17-23-36)32-59-47(69)38-28-29-56(11,55(38,9)10)52(74)60-33-40(37-24-18-15-19-25-37)62-49(71)42-27-21-31-66(42)51(73)44(54(6,7)8)64-46(68)35(2)58-13;;/h14-19,22-25,34-35,38-44,57-58H,20-21,26-33H2,1-13H3,(H,59,69)(H,60,74)(H,61,70)(H,62,71)(H,63,67)(H,64,68);2*1H/t34-,35-,38+,39+,40+,41-,42-,43+,44+,56-;;/m0../s1. The fraction of sp³-hybridized carbons (Fsp3) is 0.643. The van der Waals surface area contributed by atoms with Gasteiger partial charge in [0.1, 0.15) is 24.2 Å². The van der Waals surface area contributed by atoms with Gasteiger partial charge < -0.3 is 52.3 Å². The molecule has 1 saturated carbocycles. The number of nitrogens with one attached hydrogen (secondary N) is 8. The van der Waals surface area contributed by atoms with E-state index in [1.807, 2.05) is 123 Å². The zero-order chi connectivity index (χ0) is 54.9. The van der Waals surface area contributed by atoms with Gasteiger partial charge in [-0.15, -0.1) is 24.8 Å². The van der Waals surface area contributed by atoms with Crippen molar-refractivity contribution in [3.63, 3.8) is 0 Å². The van der Waals surface area contributed by atoms with E-state index in [1.54, 1.807) is 37.7 Å². The third-order valence-electron chi connectivity index (χ3n) is 16.2. The first-order chi connectivity index (χ1) is 34.7. The van der Waals surface area contributed by atoms with Gasteiger partial charge in [-0.1, -0.05) is 123 Å². The molecule has 8 amide bonds. The molecule has 2 saturated heterocycles. The first kappa shape index (κ1) is 65.0. The average Bonchev–Trinajstić information content (AvgIpc) is 4.12. The minimum Gasteiger partial charge on any atom is -0.353 e. The smallest absolute Gasteiger partial charge is 0.246 e. The highest BCUT2D eigenvalue weighted by Gasteiger charge is 2.58. The van der Waals surface area contributed by atoms with Gasteiger partial charge in [0.25, 0.3) is 0 Å². The van der Waals surface area contributed by atoms with Crippen molar-refractivity contribution in [2.75, 3.05) is 40.3 Å². The van der Waals surface area contributed by atoms with Crippen LogP contribution in [0.3, 0.4) is 0 Å². The van der Waals surface area contributed by atoms with Crippen LogP contribution in [-0.4, -0.2) is 134 Å². The van der Waals surface area contributed by atoms with E-state index in [0.29, 0.717) is 51.6 Å². The van der Waals surface area contributed by atoms with Crippen LogP contribution in [0.1, 0.15) is 138 Å². The van der Waals surface area contributed by atoms with Crippen LogP contribution in [0.4, 0.5) is 0 Å². The minimum atomic E-state index is -0.993. The maximum Gasteiger partial charge on any atom is 0.246 e. The normalized spacial score (nSPS) is 22.5. The van der Waals surface area contributed by atoms with Gasteiger partial charge in [0.15, 0.2) is 0 Å². The van der Waals surface area contributed by atoms with E-state index in [4.69, 9.17) is 0 Å². The monoisotopic (exact) mass is 1100 g/mol. The van der Waals surface area contributed by atoms with Gasteiger partial charge in [-0.05, 0) is 93.8 Å². The van der Waals surface area contributed by atoms with Crippen LogP contribution in [0, 0.1) is 27.6 Å². The fourth-order valence-corrected chi connectivity index (χ4v) is 10.5. The van der Waals surface area contributed by atoms with E-state index in [0.717, 1.165) is 11.1 Å². The molecule has 2 aliphatic heterocycles. The number of hydrogen-bond donors (Lipinski definition) is 8. The predicted octanol–water partition coefficient (Wildman–Crippen LogP) is 4.48. The molecule has 424 valence electrons. The van der Waals surface area contributed by atoms with Gasteiger partial charge >= 0.3 is 0 Å². The first-order valence-electron chi connectivity index (χ1n) is 26.5. The molecule has 18 nitrogen and oxygen atoms in total. The third-order valence-corrected chi connectivity index (χ3v) is 16.2. The number of halogens is 2. The van der Waals surface area contributed by atoms with Crippen LogP contribution >= 0.6 is 24.8 Å². The number of likely N-dealkylation sites (N-methyl/N-ethyl adjacent to an activating group) is 2. The summed E-state index contributed by atoms with van der Waals surface area (Å²) in [5.41, 5.74) is -1.58. The van der Waals surface area contributed by atoms with E-state index in [9.17, 15) is 38.4 Å². The van der Waals surface area contributed by atoms with Crippen molar-refractivity contribution in [2.24, 2.45) is 27.6 Å². The summed E-state index contributed by atoms with van der Waals surface area (Å²) in [6.07, 6.45) is 2.94. The number of hydrogen-bond acceptors (Lipinski definition) is 10. The highest BCUT2D eigenvalue weighted by Crippen LogP contribution is 2.56. The molecule has 0 unspecified atom stereocenters. The van der Waals surface area contributed by atoms with E-state index in [1.165, 1.54) is 0 Å². The Morgan fingerprint density at radius 3 is 1.32 bits per heavy atom. The molecular weight excluding hydrogens is 1010 g/mol. The first-order valence-corrected chi connectivity index (χ1v) is 26.5. The van der Waals surface area contributed by atoms with Crippen LogP contribution in [0.2, 0.25) is 0 Å². The van der Waals surface area contributed by atoms with Crippen LogP contribution in [-0.2, 0) is 38.4 Å². The number of likely N-dealkylation sites (tertiary alicyclic amines) is 2. The molecule has 76 heavy (non-hydrogen) atoms. The molecule has 8 N–H and O–H groups in total. The molecule has 2 aromatic carbocycles. The number of carbonyl (C=O) groups excluding carboxylic acids is 8. The number of amides is 8. The lowest BCUT2D eigenvalue weighted by Crippen LogP contribution is -2.59. The topological polar surface area (TPSA) is 239 Å². The van der Waals surface area contributed by atoms with E-state index in [-0.39, 0.29) is 85.2 Å². The predicted molar refractivity (Wildman–Crippen MR) is 299 cm³/mol. The van der Waals surface area contributed by atoms with Crippen LogP contribution in [0.5, 0.6) is 0 Å². The van der Waals surface area contributed by atoms with Crippen molar-refractivity contribution >= 4 is 72.1 Å². The van der Waals surface area contributed by atoms with E-state index in [2.05, 4.69) is 42.5 Å². The molecule has 0 bridgehead atoms. The maximum atomic E-state index is 14.5. The van der Waals surface area contributed by atoms with Crippen molar-refractivity contribution in [3.8, 4) is 0 Å². The lowest BCUT2D eigenvalue weighted by Gasteiger charge is -2.40. The minimum absolute atomic E-state index is 0. The summed E-state index contributed by atoms with van der Waals surface area (Å²) < 4.78 is 0. The molecule has 2 aromatic rings. The molecule has 5 rings (SSSR count). The summed E-state index contributed by atoms with van der Waals surface area (Å²) in [5.74, 6) is -3.10. The summed E-state index contributed by atoms with van der Waals surface area (Å²) in [6, 6.07) is 13.0. The van der Waals surface area contributed by atoms with Crippen molar-refractivity contribution in [1.29, 1.82) is 0 Å². The van der Waals surface area contributed by atoms with Crippen LogP contribution in [0.25, 0.3) is 0 Å². The Hall–Kier alpha value is -5.30. The summed E-state index contributed by atoms with van der Waals surface area (Å²) in [7, 11) is 3.34. The summed E-state index contributed by atoms with van der Waals surface area (Å²) in [6.45, 7) is 21.2. The molecule has 3 aliphatic rings. The fourth-order valence-electron chi connectivity index (χ4n) is 10.5. The van der Waals surface area contributed by atoms with Gasteiger partial charge in [0.2, 0.25) is 47.3 Å². The van der Waals surface area contributed by atoms with Gasteiger partial charge in [-0.2, -0.15) is 0 Å². The summed E-state index contributed by atoms with van der Waals surface area (Å²) >= 11 is 0. The second-order valence-corrected chi connectivity index (χ2v) is 23.6. The maximum absolute atomic E-state index is 14.5. The van der Waals surface area contributed by atoms with Crippen molar-refractivity contribution in [1.82, 2.24) is 52.3 Å². The third kappa shape index (κ3) is 15.2. The molecule has 20 heteroatoms. The summed E-state index contributed by atoms with van der Waals surface area (Å²) in [4.78, 5) is 115. The van der Waals surface area contributed by atoms with Crippen LogP contribution in [0.15, 0.2) is 60.7 Å². The van der Waals surface area contributed by atoms with Crippen LogP contribution < -0.4 is 42.5 Å². The van der Waals surface area contributed by atoms with E-state index < -0.39 is 75.9 Å². The average molecular weight is 1100 g/mol. The Morgan fingerprint density at radius 2 is 0.947 bits per heavy atom. The lowest BCUT2D eigenvalue weighted by atomic mass is 9.65. The SMILES string of the molecule is CN[C@@H](C)C(=O)N[C@H](C(=O)N1CCC[C@H]1C(=O)N[C@H](CNC(=O)[C@H]1CC[C@@](C)(C(=O)NC[C@@H](NC(=O)[C@@H]2CCCN2C(=O)[C@@H](NC(=O)[C@H](C)NC)C(C)(C)C)c2ccccc2)C1(C)C)c1ccccc1)C(C)(C)C.Cl.Cl. The molecule has 10 atom stereocenters. The second kappa shape index (κ2) is 27.3. The molecule has 3 fully saturated rings. The zero-order valence-corrected chi connectivity index (χ0v) is 48.7. The highest BCUT2D eigenvalue weighted by atomic mass is 35.5. The van der Waals surface area contributed by atoms with Gasteiger partial charge in [0, 0.05) is 32.1 Å². The zero-order valence-electron chi connectivity index (χ0n) is 47.0. The quantitative estimate of drug-likeness (QED) is 0.0926. The molecule has 2 heterocycles. The Bertz CT molecular complexity index is 2330. The van der Waals surface area contributed by atoms with Crippen molar-refractivity contribution < 1.29 is 38.4 Å². The van der Waals surface area contributed by atoms with Crippen molar-refractivity contribution in [2.45, 2.75) is 163 Å². The summed E-state index contributed by atoms with van der Waals surface area (Å²) in [5, 5.41) is 24.1. The molecular formula is C56H88Cl2N10O8. The lowest BCUT2D eigenvalue weighted by molar-refractivity contribution is -0.144. The Labute approximate surface area is 463 Å². The molecule has 0 radical (unpaired) electrons. The number of carbonyl (C=O) groups is 8. The Kier molecular flexibility index (Phi) is 23.4. The van der Waals surface area contributed by atoms with Gasteiger partial charge in [-0.25, -0.2) is 0 Å². The Balaban J connectivity index is 0.00000760. The number of benzene rings is 2. The van der Waals surface area contributed by atoms with Gasteiger partial charge in [-0.3, -0.25) is 38.4 Å².